The lowest BCUT2D eigenvalue weighted by molar-refractivity contribution is 0.0441. The first-order valence-electron chi connectivity index (χ1n) is 11.9. The van der Waals surface area contributed by atoms with Gasteiger partial charge in [0, 0.05) is 66.7 Å². The molecule has 7 nitrogen and oxygen atoms in total. The molecule has 0 bridgehead atoms. The van der Waals surface area contributed by atoms with Crippen molar-refractivity contribution in [3.05, 3.63) is 62.4 Å². The molecule has 0 aromatic heterocycles. The lowest BCUT2D eigenvalue weighted by Crippen LogP contribution is -2.54. The van der Waals surface area contributed by atoms with Gasteiger partial charge in [0.05, 0.1) is 19.3 Å². The first kappa shape index (κ1) is 25.3. The van der Waals surface area contributed by atoms with E-state index >= 15 is 0 Å². The van der Waals surface area contributed by atoms with Gasteiger partial charge in [-0.25, -0.2) is 0 Å². The Morgan fingerprint density at radius 1 is 1.11 bits per heavy atom. The maximum Gasteiger partial charge on any atom is 0.255 e. The second-order valence-corrected chi connectivity index (χ2v) is 10.0. The van der Waals surface area contributed by atoms with Crippen LogP contribution in [0.25, 0.3) is 12.3 Å². The normalized spacial score (nSPS) is 17.4. The molecule has 0 spiro atoms. The molecule has 4 rings (SSSR count). The molecule has 2 aliphatic heterocycles. The standard InChI is InChI=1S/C27H32BrN3O4/c1-18-4-5-20-8-11-23(26(32)29-12-13-34-2)25(35-3)24(20)17-30(18)14-19-15-31(16-19)27(33)21-6-9-22(28)10-7-21/h5-11,17-19H,4,12-16H2,1-3H3,(H,29,32). The Hall–Kier alpha value is -2.84. The fourth-order valence-corrected chi connectivity index (χ4v) is 4.83. The zero-order chi connectivity index (χ0) is 24.9. The van der Waals surface area contributed by atoms with Gasteiger partial charge in [0.1, 0.15) is 5.75 Å². The number of halogens is 1. The molecule has 2 amide bonds. The zero-order valence-electron chi connectivity index (χ0n) is 20.4. The number of nitrogens with zero attached hydrogens (tertiary/aromatic N) is 2. The quantitative estimate of drug-likeness (QED) is 0.519. The molecule has 2 aromatic rings. The molecule has 35 heavy (non-hydrogen) atoms. The summed E-state index contributed by atoms with van der Waals surface area (Å²) in [5, 5.41) is 4.85. The van der Waals surface area contributed by atoms with Crippen LogP contribution in [0.2, 0.25) is 0 Å². The minimum Gasteiger partial charge on any atom is -0.495 e. The van der Waals surface area contributed by atoms with Crippen molar-refractivity contribution in [2.75, 3.05) is 47.0 Å². The van der Waals surface area contributed by atoms with Crippen molar-refractivity contribution in [2.45, 2.75) is 19.4 Å². The van der Waals surface area contributed by atoms with Gasteiger partial charge in [-0.05, 0) is 48.9 Å². The number of ether oxygens (including phenoxy) is 2. The Balaban J connectivity index is 1.50. The van der Waals surface area contributed by atoms with Gasteiger partial charge in [-0.3, -0.25) is 9.59 Å². The number of carbonyl (C=O) groups excluding carboxylic acids is 2. The van der Waals surface area contributed by atoms with Crippen LogP contribution in [-0.2, 0) is 4.74 Å². The number of hydrogen-bond donors (Lipinski definition) is 1. The molecular formula is C27H32BrN3O4. The van der Waals surface area contributed by atoms with Crippen LogP contribution in [-0.4, -0.2) is 74.7 Å². The van der Waals surface area contributed by atoms with Gasteiger partial charge in [0.15, 0.2) is 0 Å². The van der Waals surface area contributed by atoms with Gasteiger partial charge in [-0.2, -0.15) is 0 Å². The van der Waals surface area contributed by atoms with E-state index in [1.165, 1.54) is 0 Å². The van der Waals surface area contributed by atoms with Crippen LogP contribution in [0.4, 0.5) is 0 Å². The molecule has 1 unspecified atom stereocenters. The van der Waals surface area contributed by atoms with E-state index in [1.807, 2.05) is 41.3 Å². The lowest BCUT2D eigenvalue weighted by atomic mass is 9.97. The highest BCUT2D eigenvalue weighted by Gasteiger charge is 2.33. The van der Waals surface area contributed by atoms with Crippen LogP contribution in [0.15, 0.2) is 40.9 Å². The van der Waals surface area contributed by atoms with Crippen LogP contribution < -0.4 is 20.5 Å². The number of hydrogen-bond acceptors (Lipinski definition) is 5. The number of amides is 2. The van der Waals surface area contributed by atoms with Gasteiger partial charge in [-0.15, -0.1) is 0 Å². The molecule has 0 aliphatic carbocycles. The second-order valence-electron chi connectivity index (χ2n) is 9.10. The van der Waals surface area contributed by atoms with E-state index in [-0.39, 0.29) is 11.8 Å². The summed E-state index contributed by atoms with van der Waals surface area (Å²) in [4.78, 5) is 29.7. The maximum absolute atomic E-state index is 12.8. The summed E-state index contributed by atoms with van der Waals surface area (Å²) in [5.41, 5.74) is 1.22. The van der Waals surface area contributed by atoms with E-state index < -0.39 is 0 Å². The minimum atomic E-state index is -0.181. The van der Waals surface area contributed by atoms with Crippen molar-refractivity contribution < 1.29 is 19.1 Å². The monoisotopic (exact) mass is 541 g/mol. The van der Waals surface area contributed by atoms with E-state index in [1.54, 1.807) is 14.2 Å². The molecule has 1 saturated heterocycles. The Morgan fingerprint density at radius 3 is 2.54 bits per heavy atom. The largest absolute Gasteiger partial charge is 0.495 e. The number of benzene rings is 2. The summed E-state index contributed by atoms with van der Waals surface area (Å²) >= 11 is 3.41. The van der Waals surface area contributed by atoms with Crippen LogP contribution in [0.3, 0.4) is 0 Å². The summed E-state index contributed by atoms with van der Waals surface area (Å²) in [7, 11) is 3.21. The van der Waals surface area contributed by atoms with Crippen molar-refractivity contribution in [2.24, 2.45) is 5.92 Å². The van der Waals surface area contributed by atoms with E-state index in [2.05, 4.69) is 45.3 Å². The fourth-order valence-electron chi connectivity index (χ4n) is 4.57. The summed E-state index contributed by atoms with van der Waals surface area (Å²) in [6.07, 6.45) is 5.21. The molecule has 2 heterocycles. The molecule has 2 aliphatic rings. The van der Waals surface area contributed by atoms with E-state index in [0.717, 1.165) is 41.0 Å². The number of methoxy groups -OCH3 is 2. The highest BCUT2D eigenvalue weighted by Crippen LogP contribution is 2.23. The van der Waals surface area contributed by atoms with Crippen LogP contribution in [0.5, 0.6) is 5.75 Å². The summed E-state index contributed by atoms with van der Waals surface area (Å²) in [6.45, 7) is 5.40. The first-order valence-corrected chi connectivity index (χ1v) is 12.7. The first-order chi connectivity index (χ1) is 16.9. The third-order valence-electron chi connectivity index (χ3n) is 6.61. The van der Waals surface area contributed by atoms with Crippen LogP contribution in [0.1, 0.15) is 34.1 Å². The van der Waals surface area contributed by atoms with E-state index in [4.69, 9.17) is 9.47 Å². The number of rotatable bonds is 8. The van der Waals surface area contributed by atoms with Crippen LogP contribution >= 0.6 is 15.9 Å². The van der Waals surface area contributed by atoms with Gasteiger partial charge in [0.2, 0.25) is 0 Å². The molecule has 1 atom stereocenters. The Morgan fingerprint density at radius 2 is 1.86 bits per heavy atom. The highest BCUT2D eigenvalue weighted by molar-refractivity contribution is 9.10. The van der Waals surface area contributed by atoms with E-state index in [0.29, 0.717) is 42.0 Å². The van der Waals surface area contributed by atoms with Crippen LogP contribution in [0, 0.1) is 5.92 Å². The van der Waals surface area contributed by atoms with Crippen molar-refractivity contribution in [1.82, 2.24) is 15.1 Å². The summed E-state index contributed by atoms with van der Waals surface area (Å²) in [6, 6.07) is 11.6. The molecule has 1 N–H and O–H groups in total. The average molecular weight is 542 g/mol. The molecule has 0 radical (unpaired) electrons. The fraction of sp³-hybridized carbons (Fsp3) is 0.407. The summed E-state index contributed by atoms with van der Waals surface area (Å²) in [5.74, 6) is 0.862. The lowest BCUT2D eigenvalue weighted by Gasteiger charge is -2.42. The van der Waals surface area contributed by atoms with Gasteiger partial charge >= 0.3 is 0 Å². The SMILES string of the molecule is COCCNC(=O)c1ccc2c(c1OC)=CN(CC1CN(C(=O)c3ccc(Br)cc3)C1)C(C)CC=2. The Kier molecular flexibility index (Phi) is 8.13. The number of nitrogens with one attached hydrogen (secondary N) is 1. The highest BCUT2D eigenvalue weighted by atomic mass is 79.9. The minimum absolute atomic E-state index is 0.0751. The maximum atomic E-state index is 12.8. The third-order valence-corrected chi connectivity index (χ3v) is 7.14. The number of carbonyl (C=O) groups is 2. The molecule has 8 heteroatoms. The Labute approximate surface area is 214 Å². The zero-order valence-corrected chi connectivity index (χ0v) is 22.0. The number of likely N-dealkylation sites (tertiary alicyclic amines) is 1. The van der Waals surface area contributed by atoms with Crippen molar-refractivity contribution in [3.8, 4) is 5.75 Å². The second kappa shape index (κ2) is 11.3. The molecule has 2 aromatic carbocycles. The molecule has 0 saturated carbocycles. The molecule has 186 valence electrons. The van der Waals surface area contributed by atoms with Gasteiger partial charge < -0.3 is 24.6 Å². The van der Waals surface area contributed by atoms with Gasteiger partial charge in [0.25, 0.3) is 11.8 Å². The topological polar surface area (TPSA) is 71.1 Å². The predicted octanol–water partition coefficient (Wildman–Crippen LogP) is 2.22. The van der Waals surface area contributed by atoms with Crippen molar-refractivity contribution in [3.63, 3.8) is 0 Å². The molecule has 1 fully saturated rings. The van der Waals surface area contributed by atoms with Crippen molar-refractivity contribution in [1.29, 1.82) is 0 Å². The third kappa shape index (κ3) is 5.70. The molecular weight excluding hydrogens is 510 g/mol. The smallest absolute Gasteiger partial charge is 0.255 e. The summed E-state index contributed by atoms with van der Waals surface area (Å²) < 4.78 is 11.7. The van der Waals surface area contributed by atoms with E-state index in [9.17, 15) is 9.59 Å². The van der Waals surface area contributed by atoms with Gasteiger partial charge in [-0.1, -0.05) is 28.1 Å². The average Bonchev–Trinajstić information content (AvgIpc) is 2.99. The van der Waals surface area contributed by atoms with Crippen molar-refractivity contribution >= 4 is 40.0 Å². The Bertz CT molecular complexity index is 1190. The predicted molar refractivity (Wildman–Crippen MR) is 140 cm³/mol. The number of fused-ring (bicyclic) bond motifs is 1.